The quantitative estimate of drug-likeness (QED) is 0.877. The second-order valence-electron chi connectivity index (χ2n) is 5.16. The highest BCUT2D eigenvalue weighted by Gasteiger charge is 2.27. The van der Waals surface area contributed by atoms with Gasteiger partial charge in [-0.1, -0.05) is 6.07 Å². The molecule has 17 heavy (non-hydrogen) atoms. The molecule has 3 nitrogen and oxygen atoms in total. The Balaban J connectivity index is 2.12. The molecule has 1 unspecified atom stereocenters. The van der Waals surface area contributed by atoms with Gasteiger partial charge in [0.1, 0.15) is 5.82 Å². The van der Waals surface area contributed by atoms with Crippen LogP contribution in [0.3, 0.4) is 0 Å². The van der Waals surface area contributed by atoms with Gasteiger partial charge in [-0.05, 0) is 32.4 Å². The van der Waals surface area contributed by atoms with Crippen molar-refractivity contribution in [3.8, 4) is 0 Å². The van der Waals surface area contributed by atoms with Crippen LogP contribution < -0.4 is 4.90 Å². The summed E-state index contributed by atoms with van der Waals surface area (Å²) < 4.78 is 0.295. The Morgan fingerprint density at radius 2 is 2.24 bits per heavy atom. The summed E-state index contributed by atoms with van der Waals surface area (Å²) in [5.74, 6) is 2.16. The maximum atomic E-state index is 9.45. The molecule has 1 aromatic heterocycles. The van der Waals surface area contributed by atoms with E-state index in [1.165, 1.54) is 0 Å². The average Bonchev–Trinajstić information content (AvgIpc) is 2.28. The summed E-state index contributed by atoms with van der Waals surface area (Å²) in [6.07, 6.45) is 1.33. The van der Waals surface area contributed by atoms with Crippen molar-refractivity contribution in [2.45, 2.75) is 31.6 Å². The summed E-state index contributed by atoms with van der Waals surface area (Å²) in [5.41, 5.74) is 0.874. The van der Waals surface area contributed by atoms with Crippen molar-refractivity contribution >= 4 is 17.6 Å². The molecule has 4 heteroatoms. The molecule has 0 aromatic carbocycles. The number of aliphatic hydroxyl groups excluding tert-OH is 1. The molecular formula is C13H20N2OS. The van der Waals surface area contributed by atoms with E-state index in [1.807, 2.05) is 23.9 Å². The molecule has 0 amide bonds. The zero-order chi connectivity index (χ0) is 12.5. The van der Waals surface area contributed by atoms with Gasteiger partial charge >= 0.3 is 0 Å². The number of anilines is 1. The fraction of sp³-hybridized carbons (Fsp3) is 0.615. The molecule has 0 aliphatic carbocycles. The minimum atomic E-state index is -0.440. The van der Waals surface area contributed by atoms with Crippen LogP contribution in [0, 0.1) is 0 Å². The Kier molecular flexibility index (Phi) is 3.64. The molecule has 94 valence electrons. The predicted octanol–water partition coefficient (Wildman–Crippen LogP) is 2.47. The number of aromatic nitrogens is 1. The maximum Gasteiger partial charge on any atom is 0.128 e. The lowest BCUT2D eigenvalue weighted by molar-refractivity contribution is 0.199. The molecule has 1 saturated heterocycles. The van der Waals surface area contributed by atoms with Crippen molar-refractivity contribution in [1.29, 1.82) is 0 Å². The molecule has 1 atom stereocenters. The second kappa shape index (κ2) is 4.86. The van der Waals surface area contributed by atoms with E-state index < -0.39 is 6.10 Å². The van der Waals surface area contributed by atoms with Crippen LogP contribution in [0.1, 0.15) is 32.4 Å². The van der Waals surface area contributed by atoms with E-state index in [4.69, 9.17) is 0 Å². The monoisotopic (exact) mass is 252 g/mol. The maximum absolute atomic E-state index is 9.45. The fourth-order valence-electron chi connectivity index (χ4n) is 2.04. The van der Waals surface area contributed by atoms with Crippen molar-refractivity contribution in [2.24, 2.45) is 0 Å². The van der Waals surface area contributed by atoms with Gasteiger partial charge in [0.25, 0.3) is 0 Å². The van der Waals surface area contributed by atoms with E-state index in [0.29, 0.717) is 4.75 Å². The first-order valence-electron chi connectivity index (χ1n) is 6.01. The molecule has 1 N–H and O–H groups in total. The molecule has 0 bridgehead atoms. The largest absolute Gasteiger partial charge is 0.389 e. The van der Waals surface area contributed by atoms with Crippen molar-refractivity contribution in [3.05, 3.63) is 23.9 Å². The zero-order valence-corrected chi connectivity index (χ0v) is 11.5. The molecule has 2 heterocycles. The minimum absolute atomic E-state index is 0.295. The normalized spacial score (nSPS) is 21.3. The number of thioether (sulfide) groups is 1. The molecule has 1 aromatic rings. The second-order valence-corrected chi connectivity index (χ2v) is 6.96. The third-order valence-corrected chi connectivity index (χ3v) is 4.30. The van der Waals surface area contributed by atoms with Gasteiger partial charge in [0, 0.05) is 29.8 Å². The van der Waals surface area contributed by atoms with Crippen LogP contribution in [0.2, 0.25) is 0 Å². The Hall–Kier alpha value is -0.740. The SMILES string of the molecule is CC(O)c1ccc(N2CCSC(C)(C)C2)nc1. The highest BCUT2D eigenvalue weighted by atomic mass is 32.2. The van der Waals surface area contributed by atoms with Crippen LogP contribution in [-0.2, 0) is 0 Å². The van der Waals surface area contributed by atoms with E-state index in [0.717, 1.165) is 30.2 Å². The van der Waals surface area contributed by atoms with Crippen molar-refractivity contribution in [2.75, 3.05) is 23.7 Å². The van der Waals surface area contributed by atoms with E-state index in [1.54, 1.807) is 13.1 Å². The number of rotatable bonds is 2. The fourth-order valence-corrected chi connectivity index (χ4v) is 3.16. The summed E-state index contributed by atoms with van der Waals surface area (Å²) in [6.45, 7) is 8.38. The van der Waals surface area contributed by atoms with Crippen LogP contribution in [0.5, 0.6) is 0 Å². The Morgan fingerprint density at radius 3 is 2.76 bits per heavy atom. The first-order chi connectivity index (χ1) is 7.98. The number of nitrogens with zero attached hydrogens (tertiary/aromatic N) is 2. The lowest BCUT2D eigenvalue weighted by Crippen LogP contribution is -2.43. The van der Waals surface area contributed by atoms with Crippen LogP contribution in [0.25, 0.3) is 0 Å². The number of hydrogen-bond acceptors (Lipinski definition) is 4. The molecular weight excluding hydrogens is 232 g/mol. The Morgan fingerprint density at radius 1 is 1.47 bits per heavy atom. The molecule has 1 fully saturated rings. The number of pyridine rings is 1. The summed E-state index contributed by atoms with van der Waals surface area (Å²) in [4.78, 5) is 6.77. The minimum Gasteiger partial charge on any atom is -0.389 e. The van der Waals surface area contributed by atoms with Crippen molar-refractivity contribution < 1.29 is 5.11 Å². The van der Waals surface area contributed by atoms with Crippen LogP contribution in [0.15, 0.2) is 18.3 Å². The van der Waals surface area contributed by atoms with Gasteiger partial charge in [0.05, 0.1) is 6.10 Å². The molecule has 0 saturated carbocycles. The predicted molar refractivity (Wildman–Crippen MR) is 73.6 cm³/mol. The van der Waals surface area contributed by atoms with E-state index in [-0.39, 0.29) is 0 Å². The Labute approximate surface area is 107 Å². The Bertz CT molecular complexity index is 376. The van der Waals surface area contributed by atoms with E-state index in [9.17, 15) is 5.11 Å². The molecule has 1 aliphatic heterocycles. The summed E-state index contributed by atoms with van der Waals surface area (Å²) >= 11 is 2.02. The third-order valence-electron chi connectivity index (χ3n) is 3.00. The van der Waals surface area contributed by atoms with Gasteiger partial charge in [-0.25, -0.2) is 4.98 Å². The van der Waals surface area contributed by atoms with E-state index >= 15 is 0 Å². The highest BCUT2D eigenvalue weighted by Crippen LogP contribution is 2.31. The summed E-state index contributed by atoms with van der Waals surface area (Å²) in [5, 5.41) is 9.45. The van der Waals surface area contributed by atoms with Crippen molar-refractivity contribution in [3.63, 3.8) is 0 Å². The molecule has 1 aliphatic rings. The molecule has 2 rings (SSSR count). The summed E-state index contributed by atoms with van der Waals surface area (Å²) in [6, 6.07) is 3.97. The number of hydrogen-bond donors (Lipinski definition) is 1. The molecule has 0 radical (unpaired) electrons. The van der Waals surface area contributed by atoms with Crippen LogP contribution in [-0.4, -0.2) is 33.7 Å². The smallest absolute Gasteiger partial charge is 0.128 e. The van der Waals surface area contributed by atoms with Crippen molar-refractivity contribution in [1.82, 2.24) is 4.98 Å². The zero-order valence-electron chi connectivity index (χ0n) is 10.7. The van der Waals surface area contributed by atoms with Gasteiger partial charge in [0.15, 0.2) is 0 Å². The first kappa shape index (κ1) is 12.7. The topological polar surface area (TPSA) is 36.4 Å². The standard InChI is InChI=1S/C13H20N2OS/c1-10(16)11-4-5-12(14-8-11)15-6-7-17-13(2,3)9-15/h4-5,8,10,16H,6-7,9H2,1-3H3. The van der Waals surface area contributed by atoms with Gasteiger partial charge in [-0.3, -0.25) is 0 Å². The van der Waals surface area contributed by atoms with Crippen LogP contribution in [0.4, 0.5) is 5.82 Å². The first-order valence-corrected chi connectivity index (χ1v) is 6.99. The molecule has 0 spiro atoms. The van der Waals surface area contributed by atoms with Gasteiger partial charge in [-0.15, -0.1) is 0 Å². The van der Waals surface area contributed by atoms with Gasteiger partial charge < -0.3 is 10.0 Å². The van der Waals surface area contributed by atoms with E-state index in [2.05, 4.69) is 23.7 Å². The highest BCUT2D eigenvalue weighted by molar-refractivity contribution is 8.00. The number of aliphatic hydroxyl groups is 1. The van der Waals surface area contributed by atoms with Gasteiger partial charge in [-0.2, -0.15) is 11.8 Å². The van der Waals surface area contributed by atoms with Gasteiger partial charge in [0.2, 0.25) is 0 Å². The lowest BCUT2D eigenvalue weighted by atomic mass is 10.1. The lowest BCUT2D eigenvalue weighted by Gasteiger charge is -2.38. The van der Waals surface area contributed by atoms with Crippen LogP contribution >= 0.6 is 11.8 Å². The average molecular weight is 252 g/mol. The third kappa shape index (κ3) is 3.13. The summed E-state index contributed by atoms with van der Waals surface area (Å²) in [7, 11) is 0.